The SMILES string of the molecule is NC(=O)CCC(NC(=O)C(N)CS)C(=O)NC(CC(N)=O)C(=O)N1CCCC1C(=O)O. The molecule has 1 heterocycles. The predicted octanol–water partition coefficient (Wildman–Crippen LogP) is -3.57. The second kappa shape index (κ2) is 12.1. The van der Waals surface area contributed by atoms with Crippen LogP contribution in [0.15, 0.2) is 0 Å². The van der Waals surface area contributed by atoms with Crippen molar-refractivity contribution in [1.82, 2.24) is 15.5 Å². The summed E-state index contributed by atoms with van der Waals surface area (Å²) in [7, 11) is 0. The summed E-state index contributed by atoms with van der Waals surface area (Å²) in [4.78, 5) is 72.7. The first kappa shape index (κ1) is 26.2. The van der Waals surface area contributed by atoms with E-state index in [0.717, 1.165) is 4.90 Å². The van der Waals surface area contributed by atoms with Crippen LogP contribution in [-0.4, -0.2) is 82.0 Å². The van der Waals surface area contributed by atoms with Crippen LogP contribution in [0.1, 0.15) is 32.1 Å². The van der Waals surface area contributed by atoms with Gasteiger partial charge in [0.2, 0.25) is 29.5 Å². The van der Waals surface area contributed by atoms with E-state index in [4.69, 9.17) is 17.2 Å². The number of nitrogens with one attached hydrogen (secondary N) is 2. The number of aliphatic carboxylic acids is 1. The van der Waals surface area contributed by atoms with Crippen molar-refractivity contribution in [2.45, 2.75) is 56.3 Å². The van der Waals surface area contributed by atoms with Crippen LogP contribution in [0.4, 0.5) is 0 Å². The van der Waals surface area contributed by atoms with E-state index in [1.807, 2.05) is 0 Å². The highest BCUT2D eigenvalue weighted by Gasteiger charge is 2.39. The molecule has 0 aliphatic carbocycles. The Kier molecular flexibility index (Phi) is 10.2. The van der Waals surface area contributed by atoms with Gasteiger partial charge in [-0.1, -0.05) is 0 Å². The molecule has 0 saturated carbocycles. The lowest BCUT2D eigenvalue weighted by atomic mass is 10.1. The highest BCUT2D eigenvalue weighted by molar-refractivity contribution is 7.80. The van der Waals surface area contributed by atoms with Gasteiger partial charge in [0.05, 0.1) is 12.5 Å². The van der Waals surface area contributed by atoms with Crippen LogP contribution in [0, 0.1) is 0 Å². The maximum Gasteiger partial charge on any atom is 0.326 e. The number of primary amides is 2. The standard InChI is InChI=1S/C17H28N6O7S/c18-8(7-31)14(26)21-9(3-4-12(19)24)15(27)22-10(6-13(20)25)16(28)23-5-1-2-11(23)17(29)30/h8-11,31H,1-7,18H2,(H2,19,24)(H2,20,25)(H,21,26)(H,22,27)(H,29,30). The third-order valence-electron chi connectivity index (χ3n) is 4.69. The molecule has 0 aromatic rings. The molecule has 0 spiro atoms. The van der Waals surface area contributed by atoms with Gasteiger partial charge in [0.1, 0.15) is 18.1 Å². The van der Waals surface area contributed by atoms with E-state index in [-0.39, 0.29) is 31.6 Å². The summed E-state index contributed by atoms with van der Waals surface area (Å²) in [5.41, 5.74) is 15.9. The summed E-state index contributed by atoms with van der Waals surface area (Å²) in [6, 6.07) is -4.85. The molecule has 13 nitrogen and oxygen atoms in total. The number of likely N-dealkylation sites (tertiary alicyclic amines) is 1. The fourth-order valence-electron chi connectivity index (χ4n) is 3.08. The number of hydrogen-bond donors (Lipinski definition) is 7. The maximum atomic E-state index is 12.8. The van der Waals surface area contributed by atoms with Crippen LogP contribution in [0.2, 0.25) is 0 Å². The highest BCUT2D eigenvalue weighted by Crippen LogP contribution is 2.19. The molecule has 4 unspecified atom stereocenters. The minimum absolute atomic E-state index is 0.00961. The van der Waals surface area contributed by atoms with Crippen LogP contribution >= 0.6 is 12.6 Å². The number of amides is 5. The van der Waals surface area contributed by atoms with Crippen molar-refractivity contribution in [3.05, 3.63) is 0 Å². The summed E-state index contributed by atoms with van der Waals surface area (Å²) >= 11 is 3.90. The monoisotopic (exact) mass is 460 g/mol. The molecule has 14 heteroatoms. The van der Waals surface area contributed by atoms with Gasteiger partial charge in [-0.05, 0) is 19.3 Å². The zero-order valence-corrected chi connectivity index (χ0v) is 17.7. The fraction of sp³-hybridized carbons (Fsp3) is 0.647. The summed E-state index contributed by atoms with van der Waals surface area (Å²) in [6.45, 7) is 0.138. The average molecular weight is 461 g/mol. The predicted molar refractivity (Wildman–Crippen MR) is 110 cm³/mol. The molecule has 31 heavy (non-hydrogen) atoms. The van der Waals surface area contributed by atoms with Crippen LogP contribution in [0.5, 0.6) is 0 Å². The van der Waals surface area contributed by atoms with Crippen molar-refractivity contribution in [3.63, 3.8) is 0 Å². The van der Waals surface area contributed by atoms with Gasteiger partial charge in [0.25, 0.3) is 0 Å². The van der Waals surface area contributed by atoms with Crippen LogP contribution in [0.3, 0.4) is 0 Å². The fourth-order valence-corrected chi connectivity index (χ4v) is 3.24. The quantitative estimate of drug-likeness (QED) is 0.144. The molecular weight excluding hydrogens is 432 g/mol. The van der Waals surface area contributed by atoms with Gasteiger partial charge in [-0.25, -0.2) is 4.79 Å². The Hall–Kier alpha value is -2.87. The first-order chi connectivity index (χ1) is 14.5. The van der Waals surface area contributed by atoms with Gasteiger partial charge in [0.15, 0.2) is 0 Å². The third kappa shape index (κ3) is 8.05. The molecule has 0 radical (unpaired) electrons. The number of nitrogens with zero attached hydrogens (tertiary/aromatic N) is 1. The Morgan fingerprint density at radius 3 is 2.16 bits per heavy atom. The van der Waals surface area contributed by atoms with Gasteiger partial charge in [-0.3, -0.25) is 24.0 Å². The van der Waals surface area contributed by atoms with E-state index in [1.54, 1.807) is 0 Å². The topological polar surface area (TPSA) is 228 Å². The summed E-state index contributed by atoms with van der Waals surface area (Å²) in [5.74, 6) is -5.23. The summed E-state index contributed by atoms with van der Waals surface area (Å²) < 4.78 is 0. The molecule has 1 aliphatic rings. The van der Waals surface area contributed by atoms with Gasteiger partial charge < -0.3 is 37.8 Å². The van der Waals surface area contributed by atoms with E-state index in [9.17, 15) is 33.9 Å². The molecule has 174 valence electrons. The second-order valence-corrected chi connectivity index (χ2v) is 7.48. The number of carbonyl (C=O) groups excluding carboxylic acids is 5. The first-order valence-corrected chi connectivity index (χ1v) is 10.2. The Labute approximate surface area is 183 Å². The third-order valence-corrected chi connectivity index (χ3v) is 5.08. The number of carboxylic acid groups (broad SMARTS) is 1. The lowest BCUT2D eigenvalue weighted by Gasteiger charge is -2.28. The van der Waals surface area contributed by atoms with Crippen LogP contribution < -0.4 is 27.8 Å². The number of carboxylic acids is 1. The summed E-state index contributed by atoms with van der Waals surface area (Å²) in [6.07, 6.45) is -0.350. The highest BCUT2D eigenvalue weighted by atomic mass is 32.1. The largest absolute Gasteiger partial charge is 0.480 e. The van der Waals surface area contributed by atoms with Crippen molar-refractivity contribution in [3.8, 4) is 0 Å². The number of thiol groups is 1. The van der Waals surface area contributed by atoms with Crippen LogP contribution in [-0.2, 0) is 28.8 Å². The molecule has 4 atom stereocenters. The molecular formula is C17H28N6O7S. The smallest absolute Gasteiger partial charge is 0.326 e. The van der Waals surface area contributed by atoms with E-state index in [1.165, 1.54) is 0 Å². The Bertz CT molecular complexity index is 734. The molecule has 0 aromatic heterocycles. The lowest BCUT2D eigenvalue weighted by molar-refractivity contribution is -0.149. The zero-order chi connectivity index (χ0) is 23.7. The second-order valence-electron chi connectivity index (χ2n) is 7.11. The number of hydrogen-bond acceptors (Lipinski definition) is 8. The van der Waals surface area contributed by atoms with Crippen molar-refractivity contribution in [1.29, 1.82) is 0 Å². The van der Waals surface area contributed by atoms with Crippen LogP contribution in [0.25, 0.3) is 0 Å². The number of nitrogens with two attached hydrogens (primary N) is 3. The lowest BCUT2D eigenvalue weighted by Crippen LogP contribution is -2.58. The van der Waals surface area contributed by atoms with E-state index in [2.05, 4.69) is 23.3 Å². The number of carbonyl (C=O) groups is 6. The molecule has 0 bridgehead atoms. The van der Waals surface area contributed by atoms with Crippen molar-refractivity contribution >= 4 is 48.1 Å². The molecule has 1 rings (SSSR count). The van der Waals surface area contributed by atoms with E-state index >= 15 is 0 Å². The Morgan fingerprint density at radius 2 is 1.65 bits per heavy atom. The molecule has 0 aromatic carbocycles. The Balaban J connectivity index is 3.02. The van der Waals surface area contributed by atoms with Gasteiger partial charge in [-0.15, -0.1) is 0 Å². The Morgan fingerprint density at radius 1 is 1.03 bits per heavy atom. The van der Waals surface area contributed by atoms with Crippen molar-refractivity contribution in [2.24, 2.45) is 17.2 Å². The summed E-state index contributed by atoms with van der Waals surface area (Å²) in [5, 5.41) is 13.9. The van der Waals surface area contributed by atoms with Crippen molar-refractivity contribution in [2.75, 3.05) is 12.3 Å². The minimum Gasteiger partial charge on any atom is -0.480 e. The molecule has 5 amide bonds. The maximum absolute atomic E-state index is 12.8. The van der Waals surface area contributed by atoms with E-state index in [0.29, 0.717) is 6.42 Å². The van der Waals surface area contributed by atoms with Gasteiger partial charge in [-0.2, -0.15) is 12.6 Å². The normalized spacial score (nSPS) is 18.5. The van der Waals surface area contributed by atoms with Crippen molar-refractivity contribution < 1.29 is 33.9 Å². The minimum atomic E-state index is -1.45. The molecule has 1 saturated heterocycles. The van der Waals surface area contributed by atoms with Gasteiger partial charge >= 0.3 is 5.97 Å². The zero-order valence-electron chi connectivity index (χ0n) is 16.8. The molecule has 1 aliphatic heterocycles. The van der Waals surface area contributed by atoms with E-state index < -0.39 is 66.1 Å². The van der Waals surface area contributed by atoms with Gasteiger partial charge in [0, 0.05) is 18.7 Å². The first-order valence-electron chi connectivity index (χ1n) is 9.55. The average Bonchev–Trinajstić information content (AvgIpc) is 3.18. The molecule has 9 N–H and O–H groups in total. The molecule has 1 fully saturated rings. The number of rotatable bonds is 12.